The van der Waals surface area contributed by atoms with Gasteiger partial charge in [0.25, 0.3) is 5.91 Å². The van der Waals surface area contributed by atoms with Crippen molar-refractivity contribution in [1.29, 1.82) is 0 Å². The standard InChI is InChI=1S/C26H32N6OS/c1-4-31-12-14-32(15-13-31)24-19(2)20(3)29-26(30-24)34-18-22-6-5-7-23(16-22)25(33)28-17-21-8-10-27-11-9-21/h5-11,16H,4,12-15,17-18H2,1-3H3,(H,28,33). The van der Waals surface area contributed by atoms with E-state index in [9.17, 15) is 4.79 Å². The molecule has 7 nitrogen and oxygen atoms in total. The van der Waals surface area contributed by atoms with E-state index >= 15 is 0 Å². The van der Waals surface area contributed by atoms with Crippen molar-refractivity contribution in [2.75, 3.05) is 37.6 Å². The summed E-state index contributed by atoms with van der Waals surface area (Å²) in [6.45, 7) is 12.1. The number of carbonyl (C=O) groups excluding carboxylic acids is 1. The number of likely N-dealkylation sites (N-methyl/N-ethyl adjacent to an activating group) is 1. The van der Waals surface area contributed by atoms with Crippen molar-refractivity contribution in [3.05, 3.63) is 76.7 Å². The quantitative estimate of drug-likeness (QED) is 0.391. The molecule has 178 valence electrons. The maximum Gasteiger partial charge on any atom is 0.251 e. The first-order chi connectivity index (χ1) is 16.5. The van der Waals surface area contributed by atoms with Gasteiger partial charge in [0.2, 0.25) is 0 Å². The van der Waals surface area contributed by atoms with E-state index < -0.39 is 0 Å². The van der Waals surface area contributed by atoms with E-state index in [1.807, 2.05) is 36.4 Å². The molecule has 1 N–H and O–H groups in total. The van der Waals surface area contributed by atoms with Crippen LogP contribution >= 0.6 is 11.8 Å². The number of aromatic nitrogens is 3. The lowest BCUT2D eigenvalue weighted by Crippen LogP contribution is -2.46. The number of thioether (sulfide) groups is 1. The minimum absolute atomic E-state index is 0.0837. The Balaban J connectivity index is 1.39. The van der Waals surface area contributed by atoms with E-state index in [1.54, 1.807) is 24.2 Å². The molecule has 0 saturated carbocycles. The van der Waals surface area contributed by atoms with Crippen LogP contribution in [0.3, 0.4) is 0 Å². The van der Waals surface area contributed by atoms with Crippen LogP contribution in [0.15, 0.2) is 53.9 Å². The molecule has 0 atom stereocenters. The number of hydrogen-bond donors (Lipinski definition) is 1. The van der Waals surface area contributed by atoms with Crippen molar-refractivity contribution in [1.82, 2.24) is 25.2 Å². The molecule has 0 spiro atoms. The molecule has 1 aliphatic rings. The van der Waals surface area contributed by atoms with E-state index in [4.69, 9.17) is 9.97 Å². The highest BCUT2D eigenvalue weighted by Gasteiger charge is 2.20. The lowest BCUT2D eigenvalue weighted by molar-refractivity contribution is 0.0951. The Hall–Kier alpha value is -2.97. The monoisotopic (exact) mass is 476 g/mol. The highest BCUT2D eigenvalue weighted by molar-refractivity contribution is 7.98. The van der Waals surface area contributed by atoms with Crippen LogP contribution in [0.4, 0.5) is 5.82 Å². The normalized spacial score (nSPS) is 14.3. The minimum atomic E-state index is -0.0837. The maximum absolute atomic E-state index is 12.6. The summed E-state index contributed by atoms with van der Waals surface area (Å²) in [5.41, 5.74) is 4.93. The van der Waals surface area contributed by atoms with Crippen LogP contribution in [0.1, 0.15) is 39.7 Å². The summed E-state index contributed by atoms with van der Waals surface area (Å²) in [5, 5.41) is 3.75. The molecule has 0 unspecified atom stereocenters. The van der Waals surface area contributed by atoms with E-state index in [0.29, 0.717) is 17.9 Å². The molecular weight excluding hydrogens is 444 g/mol. The van der Waals surface area contributed by atoms with Gasteiger partial charge in [0, 0.05) is 67.7 Å². The largest absolute Gasteiger partial charge is 0.354 e. The average Bonchev–Trinajstić information content (AvgIpc) is 2.88. The first-order valence-corrected chi connectivity index (χ1v) is 12.7. The topological polar surface area (TPSA) is 74.2 Å². The first kappa shape index (κ1) is 24.2. The summed E-state index contributed by atoms with van der Waals surface area (Å²) in [6, 6.07) is 11.6. The van der Waals surface area contributed by atoms with Gasteiger partial charge in [-0.3, -0.25) is 9.78 Å². The number of anilines is 1. The van der Waals surface area contributed by atoms with Crippen molar-refractivity contribution in [3.8, 4) is 0 Å². The predicted octanol–water partition coefficient (Wildman–Crippen LogP) is 3.85. The van der Waals surface area contributed by atoms with E-state index in [2.05, 4.69) is 40.9 Å². The Bertz CT molecular complexity index is 1120. The van der Waals surface area contributed by atoms with Crippen molar-refractivity contribution in [2.24, 2.45) is 0 Å². The molecule has 1 amide bonds. The summed E-state index contributed by atoms with van der Waals surface area (Å²) in [5.74, 6) is 1.67. The van der Waals surface area contributed by atoms with Crippen LogP contribution in [0.2, 0.25) is 0 Å². The Kier molecular flexibility index (Phi) is 8.13. The third kappa shape index (κ3) is 6.12. The zero-order chi connectivity index (χ0) is 23.9. The van der Waals surface area contributed by atoms with Crippen LogP contribution in [0.25, 0.3) is 0 Å². The summed E-state index contributed by atoms with van der Waals surface area (Å²) in [4.78, 5) is 31.1. The molecule has 1 aromatic carbocycles. The fourth-order valence-corrected chi connectivity index (χ4v) is 4.80. The molecule has 2 aromatic heterocycles. The van der Waals surface area contributed by atoms with Crippen LogP contribution in [0, 0.1) is 13.8 Å². The molecule has 0 aliphatic carbocycles. The van der Waals surface area contributed by atoms with Gasteiger partial charge in [0.15, 0.2) is 5.16 Å². The number of amides is 1. The SMILES string of the molecule is CCN1CCN(c2nc(SCc3cccc(C(=O)NCc4ccncc4)c3)nc(C)c2C)CC1. The zero-order valence-electron chi connectivity index (χ0n) is 20.1. The van der Waals surface area contributed by atoms with Crippen LogP contribution in [-0.2, 0) is 12.3 Å². The molecule has 8 heteroatoms. The van der Waals surface area contributed by atoms with Crippen LogP contribution in [0.5, 0.6) is 0 Å². The molecule has 34 heavy (non-hydrogen) atoms. The summed E-state index contributed by atoms with van der Waals surface area (Å²) in [6.07, 6.45) is 3.45. The number of rotatable bonds is 8. The molecule has 1 saturated heterocycles. The molecule has 1 fully saturated rings. The number of pyridine rings is 1. The van der Waals surface area contributed by atoms with Crippen molar-refractivity contribution < 1.29 is 4.79 Å². The number of nitrogens with one attached hydrogen (secondary N) is 1. The smallest absolute Gasteiger partial charge is 0.251 e. The molecule has 0 radical (unpaired) electrons. The fraction of sp³-hybridized carbons (Fsp3) is 0.385. The van der Waals surface area contributed by atoms with Crippen LogP contribution in [-0.4, -0.2) is 58.5 Å². The van der Waals surface area contributed by atoms with Gasteiger partial charge in [-0.15, -0.1) is 0 Å². The molecule has 3 heterocycles. The fourth-order valence-electron chi connectivity index (χ4n) is 3.97. The number of hydrogen-bond acceptors (Lipinski definition) is 7. The van der Waals surface area contributed by atoms with Gasteiger partial charge in [0.05, 0.1) is 0 Å². The third-order valence-corrected chi connectivity index (χ3v) is 7.14. The molecule has 1 aliphatic heterocycles. The number of piperazine rings is 1. The number of nitrogens with zero attached hydrogens (tertiary/aromatic N) is 5. The van der Waals surface area contributed by atoms with Gasteiger partial charge in [-0.1, -0.05) is 30.8 Å². The second-order valence-electron chi connectivity index (χ2n) is 8.49. The highest BCUT2D eigenvalue weighted by Crippen LogP contribution is 2.27. The molecule has 4 rings (SSSR count). The lowest BCUT2D eigenvalue weighted by Gasteiger charge is -2.35. The van der Waals surface area contributed by atoms with E-state index in [0.717, 1.165) is 66.1 Å². The van der Waals surface area contributed by atoms with Crippen molar-refractivity contribution in [3.63, 3.8) is 0 Å². The van der Waals surface area contributed by atoms with E-state index in [-0.39, 0.29) is 5.91 Å². The predicted molar refractivity (Wildman–Crippen MR) is 137 cm³/mol. The minimum Gasteiger partial charge on any atom is -0.354 e. The second-order valence-corrected chi connectivity index (χ2v) is 9.43. The lowest BCUT2D eigenvalue weighted by atomic mass is 10.1. The Morgan fingerprint density at radius 2 is 1.79 bits per heavy atom. The first-order valence-electron chi connectivity index (χ1n) is 11.7. The average molecular weight is 477 g/mol. The van der Waals surface area contributed by atoms with Gasteiger partial charge < -0.3 is 15.1 Å². The van der Waals surface area contributed by atoms with Gasteiger partial charge >= 0.3 is 0 Å². The van der Waals surface area contributed by atoms with Gasteiger partial charge in [0.1, 0.15) is 5.82 Å². The summed E-state index contributed by atoms with van der Waals surface area (Å²) >= 11 is 1.61. The molecular formula is C26H32N6OS. The molecule has 0 bridgehead atoms. The summed E-state index contributed by atoms with van der Waals surface area (Å²) in [7, 11) is 0. The maximum atomic E-state index is 12.6. The van der Waals surface area contributed by atoms with E-state index in [1.165, 1.54) is 0 Å². The number of carbonyl (C=O) groups is 1. The van der Waals surface area contributed by atoms with Gasteiger partial charge in [-0.25, -0.2) is 9.97 Å². The van der Waals surface area contributed by atoms with Gasteiger partial charge in [-0.05, 0) is 55.8 Å². The Morgan fingerprint density at radius 3 is 2.53 bits per heavy atom. The third-order valence-electron chi connectivity index (χ3n) is 6.22. The van der Waals surface area contributed by atoms with Gasteiger partial charge in [-0.2, -0.15) is 0 Å². The molecule has 3 aromatic rings. The van der Waals surface area contributed by atoms with Crippen molar-refractivity contribution in [2.45, 2.75) is 38.2 Å². The Labute approximate surface area is 206 Å². The van der Waals surface area contributed by atoms with Crippen LogP contribution < -0.4 is 10.2 Å². The number of aryl methyl sites for hydroxylation is 1. The summed E-state index contributed by atoms with van der Waals surface area (Å²) < 4.78 is 0. The zero-order valence-corrected chi connectivity index (χ0v) is 20.9. The highest BCUT2D eigenvalue weighted by atomic mass is 32.2. The Morgan fingerprint density at radius 1 is 1.03 bits per heavy atom. The second kappa shape index (κ2) is 11.4. The number of benzene rings is 1. The van der Waals surface area contributed by atoms with Crippen molar-refractivity contribution >= 4 is 23.5 Å².